The molecular formula is C13H16N2OS. The lowest BCUT2D eigenvalue weighted by Gasteiger charge is -2.13. The Balaban J connectivity index is 2.33. The van der Waals surface area contributed by atoms with Gasteiger partial charge in [0.1, 0.15) is 5.01 Å². The highest BCUT2D eigenvalue weighted by molar-refractivity contribution is 7.09. The molecule has 0 saturated heterocycles. The van der Waals surface area contributed by atoms with Gasteiger partial charge in [0.2, 0.25) is 0 Å². The third-order valence-electron chi connectivity index (χ3n) is 2.59. The summed E-state index contributed by atoms with van der Waals surface area (Å²) in [5, 5.41) is 2.97. The first-order valence-electron chi connectivity index (χ1n) is 5.46. The fraction of sp³-hybridized carbons (Fsp3) is 0.308. The smallest absolute Gasteiger partial charge is 0.114 e. The van der Waals surface area contributed by atoms with Gasteiger partial charge in [-0.3, -0.25) is 0 Å². The van der Waals surface area contributed by atoms with Crippen molar-refractivity contribution in [2.75, 3.05) is 7.11 Å². The molecule has 1 aromatic carbocycles. The molecule has 3 nitrogen and oxygen atoms in total. The Kier molecular flexibility index (Phi) is 3.89. The summed E-state index contributed by atoms with van der Waals surface area (Å²) in [5.41, 5.74) is 9.48. The Bertz CT molecular complexity index is 496. The van der Waals surface area contributed by atoms with Crippen LogP contribution in [0.25, 0.3) is 0 Å². The van der Waals surface area contributed by atoms with Gasteiger partial charge in [0.05, 0.1) is 12.6 Å². The van der Waals surface area contributed by atoms with E-state index >= 15 is 0 Å². The van der Waals surface area contributed by atoms with Gasteiger partial charge in [-0.05, 0) is 18.1 Å². The molecule has 1 atom stereocenters. The fourth-order valence-corrected chi connectivity index (χ4v) is 2.59. The molecule has 0 aliphatic rings. The standard InChI is InChI=1S/C13H16N2OS/c1-9-8-17-13(15-9)12(14)11-6-4-3-5-10(11)7-16-2/h3-6,8,12H,7,14H2,1-2H3. The average molecular weight is 248 g/mol. The van der Waals surface area contributed by atoms with Crippen molar-refractivity contribution < 1.29 is 4.74 Å². The summed E-state index contributed by atoms with van der Waals surface area (Å²) in [7, 11) is 1.69. The molecule has 1 unspecified atom stereocenters. The van der Waals surface area contributed by atoms with Crippen molar-refractivity contribution in [3.8, 4) is 0 Å². The average Bonchev–Trinajstić information content (AvgIpc) is 2.76. The molecule has 0 amide bonds. The maximum atomic E-state index is 6.25. The number of nitrogens with two attached hydrogens (primary N) is 1. The van der Waals surface area contributed by atoms with Crippen LogP contribution >= 0.6 is 11.3 Å². The van der Waals surface area contributed by atoms with E-state index in [4.69, 9.17) is 10.5 Å². The molecule has 1 aromatic heterocycles. The van der Waals surface area contributed by atoms with E-state index in [9.17, 15) is 0 Å². The maximum Gasteiger partial charge on any atom is 0.114 e. The van der Waals surface area contributed by atoms with E-state index in [1.807, 2.05) is 36.6 Å². The van der Waals surface area contributed by atoms with Crippen molar-refractivity contribution in [3.63, 3.8) is 0 Å². The Hall–Kier alpha value is -1.23. The molecule has 1 heterocycles. The van der Waals surface area contributed by atoms with E-state index < -0.39 is 0 Å². The molecule has 0 fully saturated rings. The number of benzene rings is 1. The molecule has 0 bridgehead atoms. The van der Waals surface area contributed by atoms with Crippen LogP contribution in [0, 0.1) is 6.92 Å². The van der Waals surface area contributed by atoms with Crippen LogP contribution in [0.5, 0.6) is 0 Å². The van der Waals surface area contributed by atoms with Gasteiger partial charge in [0, 0.05) is 18.2 Å². The Labute approximate surface area is 105 Å². The largest absolute Gasteiger partial charge is 0.380 e. The highest BCUT2D eigenvalue weighted by atomic mass is 32.1. The zero-order chi connectivity index (χ0) is 12.3. The summed E-state index contributed by atoms with van der Waals surface area (Å²) in [6, 6.07) is 7.90. The number of aromatic nitrogens is 1. The van der Waals surface area contributed by atoms with E-state index in [-0.39, 0.29) is 6.04 Å². The van der Waals surface area contributed by atoms with Gasteiger partial charge in [0.15, 0.2) is 0 Å². The van der Waals surface area contributed by atoms with E-state index in [0.29, 0.717) is 6.61 Å². The second-order valence-electron chi connectivity index (χ2n) is 3.94. The van der Waals surface area contributed by atoms with Crippen molar-refractivity contribution >= 4 is 11.3 Å². The number of thiazole rings is 1. The molecule has 2 aromatic rings. The summed E-state index contributed by atoms with van der Waals surface area (Å²) in [4.78, 5) is 4.44. The van der Waals surface area contributed by atoms with Crippen molar-refractivity contribution in [2.24, 2.45) is 5.73 Å². The molecule has 0 spiro atoms. The second-order valence-corrected chi connectivity index (χ2v) is 4.83. The predicted octanol–water partition coefficient (Wildman–Crippen LogP) is 2.65. The van der Waals surface area contributed by atoms with Crippen molar-refractivity contribution in [2.45, 2.75) is 19.6 Å². The highest BCUT2D eigenvalue weighted by Crippen LogP contribution is 2.25. The molecule has 2 N–H and O–H groups in total. The molecule has 17 heavy (non-hydrogen) atoms. The second kappa shape index (κ2) is 5.40. The van der Waals surface area contributed by atoms with E-state index in [2.05, 4.69) is 4.98 Å². The molecule has 0 saturated carbocycles. The van der Waals surface area contributed by atoms with E-state index in [1.165, 1.54) is 0 Å². The van der Waals surface area contributed by atoms with Gasteiger partial charge < -0.3 is 10.5 Å². The van der Waals surface area contributed by atoms with Crippen LogP contribution in [0.15, 0.2) is 29.6 Å². The molecule has 0 aliphatic carbocycles. The van der Waals surface area contributed by atoms with Crippen LogP contribution in [-0.2, 0) is 11.3 Å². The Morgan fingerprint density at radius 3 is 2.82 bits per heavy atom. The SMILES string of the molecule is COCc1ccccc1C(N)c1nc(C)cs1. The molecule has 4 heteroatoms. The van der Waals surface area contributed by atoms with Crippen molar-refractivity contribution in [1.82, 2.24) is 4.98 Å². The van der Waals surface area contributed by atoms with Gasteiger partial charge in [-0.15, -0.1) is 11.3 Å². The fourth-order valence-electron chi connectivity index (χ4n) is 1.77. The van der Waals surface area contributed by atoms with Gasteiger partial charge in [-0.2, -0.15) is 0 Å². The van der Waals surface area contributed by atoms with Crippen LogP contribution in [0.1, 0.15) is 27.9 Å². The van der Waals surface area contributed by atoms with Crippen LogP contribution in [0.4, 0.5) is 0 Å². The topological polar surface area (TPSA) is 48.1 Å². The number of rotatable bonds is 4. The first kappa shape index (κ1) is 12.2. The Morgan fingerprint density at radius 2 is 2.18 bits per heavy atom. The Morgan fingerprint density at radius 1 is 1.41 bits per heavy atom. The summed E-state index contributed by atoms with van der Waals surface area (Å²) >= 11 is 1.60. The third kappa shape index (κ3) is 2.72. The lowest BCUT2D eigenvalue weighted by atomic mass is 10.0. The number of hydrogen-bond acceptors (Lipinski definition) is 4. The number of methoxy groups -OCH3 is 1. The van der Waals surface area contributed by atoms with Crippen molar-refractivity contribution in [3.05, 3.63) is 51.5 Å². The lowest BCUT2D eigenvalue weighted by Crippen LogP contribution is -2.14. The zero-order valence-electron chi connectivity index (χ0n) is 10.0. The van der Waals surface area contributed by atoms with Gasteiger partial charge in [0.25, 0.3) is 0 Å². The lowest BCUT2D eigenvalue weighted by molar-refractivity contribution is 0.184. The summed E-state index contributed by atoms with van der Waals surface area (Å²) < 4.78 is 5.19. The molecule has 90 valence electrons. The van der Waals surface area contributed by atoms with E-state index in [1.54, 1.807) is 18.4 Å². The van der Waals surface area contributed by atoms with Gasteiger partial charge in [-0.1, -0.05) is 24.3 Å². The number of hydrogen-bond donors (Lipinski definition) is 1. The summed E-state index contributed by atoms with van der Waals surface area (Å²) in [6.45, 7) is 2.56. The minimum absolute atomic E-state index is 0.167. The van der Waals surface area contributed by atoms with Crippen molar-refractivity contribution in [1.29, 1.82) is 0 Å². The van der Waals surface area contributed by atoms with Crippen LogP contribution in [-0.4, -0.2) is 12.1 Å². The quantitative estimate of drug-likeness (QED) is 0.905. The van der Waals surface area contributed by atoms with Crippen LogP contribution in [0.2, 0.25) is 0 Å². The monoisotopic (exact) mass is 248 g/mol. The molecule has 2 rings (SSSR count). The number of nitrogens with zero attached hydrogens (tertiary/aromatic N) is 1. The molecule has 0 radical (unpaired) electrons. The van der Waals surface area contributed by atoms with Gasteiger partial charge >= 0.3 is 0 Å². The van der Waals surface area contributed by atoms with Crippen LogP contribution < -0.4 is 5.73 Å². The minimum Gasteiger partial charge on any atom is -0.380 e. The van der Waals surface area contributed by atoms with Crippen LogP contribution in [0.3, 0.4) is 0 Å². The number of ether oxygens (including phenoxy) is 1. The summed E-state index contributed by atoms with van der Waals surface area (Å²) in [6.07, 6.45) is 0. The zero-order valence-corrected chi connectivity index (χ0v) is 10.8. The first-order valence-corrected chi connectivity index (χ1v) is 6.34. The molecular weight excluding hydrogens is 232 g/mol. The van der Waals surface area contributed by atoms with E-state index in [0.717, 1.165) is 21.8 Å². The highest BCUT2D eigenvalue weighted by Gasteiger charge is 2.15. The predicted molar refractivity (Wildman–Crippen MR) is 70.0 cm³/mol. The number of aryl methyl sites for hydroxylation is 1. The third-order valence-corrected chi connectivity index (χ3v) is 3.64. The minimum atomic E-state index is -0.167. The molecule has 0 aliphatic heterocycles. The summed E-state index contributed by atoms with van der Waals surface area (Å²) in [5.74, 6) is 0. The normalized spacial score (nSPS) is 12.6. The van der Waals surface area contributed by atoms with Gasteiger partial charge in [-0.25, -0.2) is 4.98 Å². The first-order chi connectivity index (χ1) is 8.22. The maximum absolute atomic E-state index is 6.25.